The molecule has 0 unspecified atom stereocenters. The van der Waals surface area contributed by atoms with E-state index in [0.717, 1.165) is 13.1 Å². The molecule has 0 aliphatic rings. The van der Waals surface area contributed by atoms with E-state index in [1.165, 1.54) is 20.9 Å². The smallest absolute Gasteiger partial charge is 0.0303 e. The Bertz CT molecular complexity index is 448. The lowest BCUT2D eigenvalue weighted by Crippen LogP contribution is -2.11. The van der Waals surface area contributed by atoms with Gasteiger partial charge in [-0.15, -0.1) is 11.3 Å². The Labute approximate surface area is 101 Å². The van der Waals surface area contributed by atoms with E-state index in [1.54, 1.807) is 0 Å². The highest BCUT2D eigenvalue weighted by molar-refractivity contribution is 7.12. The van der Waals surface area contributed by atoms with Crippen LogP contribution in [0.1, 0.15) is 20.9 Å². The predicted octanol–water partition coefficient (Wildman–Crippen LogP) is 2.99. The molecule has 2 aromatic heterocycles. The van der Waals surface area contributed by atoms with Crippen LogP contribution < -0.4 is 5.32 Å². The Kier molecular flexibility index (Phi) is 3.46. The van der Waals surface area contributed by atoms with Gasteiger partial charge in [-0.2, -0.15) is 0 Å². The molecule has 0 spiro atoms. The van der Waals surface area contributed by atoms with Gasteiger partial charge < -0.3 is 9.88 Å². The van der Waals surface area contributed by atoms with E-state index in [0.29, 0.717) is 0 Å². The number of hydrogen-bond acceptors (Lipinski definition) is 2. The van der Waals surface area contributed by atoms with Crippen LogP contribution in [0.4, 0.5) is 0 Å². The van der Waals surface area contributed by atoms with Crippen molar-refractivity contribution < 1.29 is 0 Å². The Morgan fingerprint density at radius 2 is 2.12 bits per heavy atom. The van der Waals surface area contributed by atoms with Crippen LogP contribution in [-0.2, 0) is 20.1 Å². The number of thiophene rings is 1. The Balaban J connectivity index is 1.84. The van der Waals surface area contributed by atoms with Crippen molar-refractivity contribution in [2.75, 3.05) is 0 Å². The van der Waals surface area contributed by atoms with E-state index in [2.05, 4.69) is 55.3 Å². The molecule has 16 heavy (non-hydrogen) atoms. The zero-order valence-corrected chi connectivity index (χ0v) is 10.9. The summed E-state index contributed by atoms with van der Waals surface area (Å²) in [5.41, 5.74) is 2.74. The summed E-state index contributed by atoms with van der Waals surface area (Å²) < 4.78 is 2.08. The van der Waals surface area contributed by atoms with Gasteiger partial charge in [0.15, 0.2) is 0 Å². The molecule has 0 radical (unpaired) electrons. The first-order valence-corrected chi connectivity index (χ1v) is 6.34. The summed E-state index contributed by atoms with van der Waals surface area (Å²) >= 11 is 1.89. The van der Waals surface area contributed by atoms with Gasteiger partial charge in [-0.25, -0.2) is 0 Å². The quantitative estimate of drug-likeness (QED) is 0.860. The van der Waals surface area contributed by atoms with Crippen LogP contribution in [0, 0.1) is 13.8 Å². The fourth-order valence-electron chi connectivity index (χ4n) is 1.73. The molecule has 0 fully saturated rings. The Hall–Kier alpha value is -1.06. The van der Waals surface area contributed by atoms with Gasteiger partial charge in [0.1, 0.15) is 0 Å². The van der Waals surface area contributed by atoms with E-state index in [4.69, 9.17) is 0 Å². The van der Waals surface area contributed by atoms with Crippen molar-refractivity contribution in [3.05, 3.63) is 45.4 Å². The van der Waals surface area contributed by atoms with Crippen LogP contribution in [0.15, 0.2) is 24.5 Å². The Morgan fingerprint density at radius 1 is 1.31 bits per heavy atom. The fraction of sp³-hybridized carbons (Fsp3) is 0.385. The van der Waals surface area contributed by atoms with Crippen molar-refractivity contribution in [2.45, 2.75) is 26.9 Å². The fourth-order valence-corrected chi connectivity index (χ4v) is 2.76. The maximum absolute atomic E-state index is 3.47. The highest BCUT2D eigenvalue weighted by Gasteiger charge is 2.01. The molecular formula is C13H18N2S. The molecule has 2 rings (SSSR count). The Morgan fingerprint density at radius 3 is 2.69 bits per heavy atom. The molecule has 0 saturated heterocycles. The molecular weight excluding hydrogens is 216 g/mol. The zero-order chi connectivity index (χ0) is 11.5. The second-order valence-corrected chi connectivity index (χ2v) is 5.58. The molecule has 0 amide bonds. The zero-order valence-electron chi connectivity index (χ0n) is 10.1. The molecule has 0 atom stereocenters. The van der Waals surface area contributed by atoms with Crippen molar-refractivity contribution in [3.8, 4) is 0 Å². The second-order valence-electron chi connectivity index (χ2n) is 4.24. The summed E-state index contributed by atoms with van der Waals surface area (Å²) in [5, 5.41) is 3.47. The van der Waals surface area contributed by atoms with E-state index in [-0.39, 0.29) is 0 Å². The van der Waals surface area contributed by atoms with Gasteiger partial charge in [0.05, 0.1) is 0 Å². The van der Waals surface area contributed by atoms with Crippen molar-refractivity contribution in [1.82, 2.24) is 9.88 Å². The minimum absolute atomic E-state index is 0.941. The van der Waals surface area contributed by atoms with Crippen molar-refractivity contribution >= 4 is 11.3 Å². The molecule has 0 aliphatic heterocycles. The number of aryl methyl sites for hydroxylation is 3. The third kappa shape index (κ3) is 2.74. The lowest BCUT2D eigenvalue weighted by atomic mass is 10.3. The lowest BCUT2D eigenvalue weighted by Gasteiger charge is -2.00. The van der Waals surface area contributed by atoms with Crippen LogP contribution in [0.5, 0.6) is 0 Å². The number of hydrogen-bond donors (Lipinski definition) is 1. The number of rotatable bonds is 4. The molecule has 86 valence electrons. The monoisotopic (exact) mass is 234 g/mol. The maximum Gasteiger partial charge on any atom is 0.0303 e. The summed E-state index contributed by atoms with van der Waals surface area (Å²) in [6, 6.07) is 4.43. The first kappa shape index (κ1) is 11.4. The predicted molar refractivity (Wildman–Crippen MR) is 69.7 cm³/mol. The van der Waals surface area contributed by atoms with Crippen LogP contribution in [0.2, 0.25) is 0 Å². The summed E-state index contributed by atoms with van der Waals surface area (Å²) in [7, 11) is 2.05. The summed E-state index contributed by atoms with van der Waals surface area (Å²) in [4.78, 5) is 2.85. The molecule has 0 aliphatic carbocycles. The van der Waals surface area contributed by atoms with Gasteiger partial charge in [-0.05, 0) is 37.1 Å². The van der Waals surface area contributed by atoms with Crippen molar-refractivity contribution in [2.24, 2.45) is 7.05 Å². The normalized spacial score (nSPS) is 10.9. The van der Waals surface area contributed by atoms with Crippen LogP contribution in [-0.4, -0.2) is 4.57 Å². The summed E-state index contributed by atoms with van der Waals surface area (Å²) in [6.07, 6.45) is 4.23. The molecule has 0 aromatic carbocycles. The number of nitrogens with zero attached hydrogens (tertiary/aromatic N) is 1. The second kappa shape index (κ2) is 4.85. The summed E-state index contributed by atoms with van der Waals surface area (Å²) in [5.74, 6) is 0. The van der Waals surface area contributed by atoms with Gasteiger partial charge in [0, 0.05) is 42.3 Å². The molecule has 3 heteroatoms. The van der Waals surface area contributed by atoms with Gasteiger partial charge in [-0.3, -0.25) is 0 Å². The topological polar surface area (TPSA) is 17.0 Å². The minimum Gasteiger partial charge on any atom is -0.357 e. The molecule has 1 N–H and O–H groups in total. The van der Waals surface area contributed by atoms with Crippen LogP contribution >= 0.6 is 11.3 Å². The average Bonchev–Trinajstić information content (AvgIpc) is 2.75. The standard InChI is InChI=1S/C13H18N2S/c1-10-6-13(16-11(10)2)8-14-7-12-4-5-15(3)9-12/h4-6,9,14H,7-8H2,1-3H3. The van der Waals surface area contributed by atoms with Gasteiger partial charge in [0.2, 0.25) is 0 Å². The minimum atomic E-state index is 0.941. The van der Waals surface area contributed by atoms with Gasteiger partial charge in [-0.1, -0.05) is 0 Å². The molecule has 2 aromatic rings. The number of aromatic nitrogens is 1. The molecule has 0 bridgehead atoms. The van der Waals surface area contributed by atoms with E-state index < -0.39 is 0 Å². The van der Waals surface area contributed by atoms with E-state index in [9.17, 15) is 0 Å². The SMILES string of the molecule is Cc1cc(CNCc2ccn(C)c2)sc1C. The average molecular weight is 234 g/mol. The van der Waals surface area contributed by atoms with Crippen LogP contribution in [0.3, 0.4) is 0 Å². The van der Waals surface area contributed by atoms with E-state index >= 15 is 0 Å². The van der Waals surface area contributed by atoms with Crippen LogP contribution in [0.25, 0.3) is 0 Å². The van der Waals surface area contributed by atoms with Crippen molar-refractivity contribution in [1.29, 1.82) is 0 Å². The third-order valence-corrected chi connectivity index (χ3v) is 3.89. The first-order chi connectivity index (χ1) is 7.65. The number of nitrogens with one attached hydrogen (secondary N) is 1. The maximum atomic E-state index is 3.47. The molecule has 2 heterocycles. The van der Waals surface area contributed by atoms with E-state index in [1.807, 2.05) is 11.3 Å². The largest absolute Gasteiger partial charge is 0.357 e. The molecule has 2 nitrogen and oxygen atoms in total. The van der Waals surface area contributed by atoms with Gasteiger partial charge in [0.25, 0.3) is 0 Å². The highest BCUT2D eigenvalue weighted by Crippen LogP contribution is 2.20. The lowest BCUT2D eigenvalue weighted by molar-refractivity contribution is 0.699. The summed E-state index contributed by atoms with van der Waals surface area (Å²) in [6.45, 7) is 6.26. The first-order valence-electron chi connectivity index (χ1n) is 5.52. The van der Waals surface area contributed by atoms with Crippen molar-refractivity contribution in [3.63, 3.8) is 0 Å². The molecule has 0 saturated carbocycles. The highest BCUT2D eigenvalue weighted by atomic mass is 32.1. The third-order valence-electron chi connectivity index (χ3n) is 2.74. The van der Waals surface area contributed by atoms with Gasteiger partial charge >= 0.3 is 0 Å².